The second-order valence-electron chi connectivity index (χ2n) is 6.38. The van der Waals surface area contributed by atoms with Gasteiger partial charge in [-0.2, -0.15) is 9.97 Å². The summed E-state index contributed by atoms with van der Waals surface area (Å²) in [5.74, 6) is 0.211. The molecule has 0 fully saturated rings. The van der Waals surface area contributed by atoms with E-state index in [0.29, 0.717) is 18.0 Å². The molecule has 0 aliphatic carbocycles. The summed E-state index contributed by atoms with van der Waals surface area (Å²) in [6.07, 6.45) is 0.778. The molecule has 0 amide bonds. The number of hydrogen-bond acceptors (Lipinski definition) is 6. The van der Waals surface area contributed by atoms with Gasteiger partial charge in [-0.3, -0.25) is 0 Å². The molecule has 0 radical (unpaired) electrons. The number of benzene rings is 2. The lowest BCUT2D eigenvalue weighted by Gasteiger charge is -2.08. The molecule has 0 atom stereocenters. The van der Waals surface area contributed by atoms with Gasteiger partial charge in [-0.05, 0) is 37.6 Å². The molecule has 0 saturated carbocycles. The van der Waals surface area contributed by atoms with Gasteiger partial charge in [0.2, 0.25) is 5.89 Å². The Balaban J connectivity index is 1.78. The van der Waals surface area contributed by atoms with Crippen LogP contribution in [0, 0.1) is 12.7 Å². The molecular weight excluding hydrogens is 397 g/mol. The predicted octanol–water partition coefficient (Wildman–Crippen LogP) is 5.97. The molecule has 0 spiro atoms. The maximum Gasteiger partial charge on any atom is 0.328 e. The van der Waals surface area contributed by atoms with Crippen molar-refractivity contribution in [2.45, 2.75) is 20.3 Å². The molecule has 4 rings (SSSR count). The lowest BCUT2D eigenvalue weighted by molar-refractivity contribution is 0.302. The van der Waals surface area contributed by atoms with E-state index in [2.05, 4.69) is 15.0 Å². The summed E-state index contributed by atoms with van der Waals surface area (Å²) >= 11 is 6.07. The van der Waals surface area contributed by atoms with Crippen molar-refractivity contribution in [3.8, 4) is 29.1 Å². The van der Waals surface area contributed by atoms with Crippen LogP contribution in [-0.4, -0.2) is 21.6 Å². The molecule has 6 nitrogen and oxygen atoms in total. The minimum Gasteiger partial charge on any atom is -0.476 e. The zero-order valence-corrected chi connectivity index (χ0v) is 16.5. The topological polar surface area (TPSA) is 70.3 Å². The Morgan fingerprint density at radius 3 is 2.76 bits per heavy atom. The van der Waals surface area contributed by atoms with Gasteiger partial charge in [-0.15, -0.1) is 0 Å². The van der Waals surface area contributed by atoms with Gasteiger partial charge in [0.1, 0.15) is 5.82 Å². The second kappa shape index (κ2) is 8.05. The SMILES string of the molecule is CCCOc1nc(Oc2cc(F)ccc2Cl)nc2oc(-c3cccc(C)c3)nc12. The highest BCUT2D eigenvalue weighted by molar-refractivity contribution is 6.32. The minimum atomic E-state index is -0.491. The lowest BCUT2D eigenvalue weighted by Crippen LogP contribution is -2.01. The monoisotopic (exact) mass is 413 g/mol. The zero-order chi connectivity index (χ0) is 20.4. The van der Waals surface area contributed by atoms with Crippen LogP contribution in [-0.2, 0) is 0 Å². The number of halogens is 2. The molecule has 0 aliphatic rings. The first-order valence-corrected chi connectivity index (χ1v) is 9.42. The Morgan fingerprint density at radius 1 is 1.10 bits per heavy atom. The molecule has 29 heavy (non-hydrogen) atoms. The fourth-order valence-electron chi connectivity index (χ4n) is 2.68. The van der Waals surface area contributed by atoms with Gasteiger partial charge in [0, 0.05) is 11.6 Å². The summed E-state index contributed by atoms with van der Waals surface area (Å²) in [5, 5.41) is 0.226. The third kappa shape index (κ3) is 4.14. The third-order valence-electron chi connectivity index (χ3n) is 4.01. The highest BCUT2D eigenvalue weighted by Crippen LogP contribution is 2.33. The van der Waals surface area contributed by atoms with E-state index in [1.54, 1.807) is 0 Å². The van der Waals surface area contributed by atoms with E-state index in [-0.39, 0.29) is 28.4 Å². The highest BCUT2D eigenvalue weighted by atomic mass is 35.5. The minimum absolute atomic E-state index is 0.0805. The quantitative estimate of drug-likeness (QED) is 0.388. The summed E-state index contributed by atoms with van der Waals surface area (Å²) in [5.41, 5.74) is 2.46. The van der Waals surface area contributed by atoms with Gasteiger partial charge in [0.25, 0.3) is 11.6 Å². The van der Waals surface area contributed by atoms with Gasteiger partial charge in [0.05, 0.1) is 11.6 Å². The van der Waals surface area contributed by atoms with Crippen molar-refractivity contribution in [3.05, 3.63) is 58.9 Å². The maximum atomic E-state index is 13.5. The summed E-state index contributed by atoms with van der Waals surface area (Å²) in [7, 11) is 0. The number of nitrogens with zero attached hydrogens (tertiary/aromatic N) is 3. The van der Waals surface area contributed by atoms with E-state index in [1.807, 2.05) is 38.1 Å². The average molecular weight is 414 g/mol. The molecule has 2 aromatic heterocycles. The fraction of sp³-hybridized carbons (Fsp3) is 0.190. The van der Waals surface area contributed by atoms with Crippen molar-refractivity contribution >= 4 is 22.8 Å². The summed E-state index contributed by atoms with van der Waals surface area (Å²) in [6, 6.07) is 11.4. The average Bonchev–Trinajstić information content (AvgIpc) is 3.13. The fourth-order valence-corrected chi connectivity index (χ4v) is 2.84. The molecule has 2 aromatic carbocycles. The number of rotatable bonds is 6. The van der Waals surface area contributed by atoms with Gasteiger partial charge < -0.3 is 13.9 Å². The van der Waals surface area contributed by atoms with Crippen LogP contribution in [0.3, 0.4) is 0 Å². The lowest BCUT2D eigenvalue weighted by atomic mass is 10.1. The van der Waals surface area contributed by atoms with Gasteiger partial charge in [-0.1, -0.05) is 36.2 Å². The summed E-state index contributed by atoms with van der Waals surface area (Å²) in [6.45, 7) is 4.39. The van der Waals surface area contributed by atoms with E-state index in [1.165, 1.54) is 12.1 Å². The summed E-state index contributed by atoms with van der Waals surface area (Å²) in [4.78, 5) is 13.0. The van der Waals surface area contributed by atoms with Crippen molar-refractivity contribution in [2.24, 2.45) is 0 Å². The van der Waals surface area contributed by atoms with Crippen LogP contribution in [0.15, 0.2) is 46.9 Å². The third-order valence-corrected chi connectivity index (χ3v) is 4.32. The number of ether oxygens (including phenoxy) is 2. The molecule has 0 N–H and O–H groups in total. The molecule has 148 valence electrons. The van der Waals surface area contributed by atoms with Crippen molar-refractivity contribution in [1.82, 2.24) is 15.0 Å². The standard InChI is InChI=1S/C21H17ClFN3O3/c1-3-9-27-19-17-20(29-18(24-17)13-6-4-5-12(2)10-13)26-21(25-19)28-16-11-14(23)7-8-15(16)22/h4-8,10-11H,3,9H2,1-2H3. The van der Waals surface area contributed by atoms with Crippen molar-refractivity contribution in [1.29, 1.82) is 0 Å². The molecule has 0 unspecified atom stereocenters. The molecule has 0 aliphatic heterocycles. The van der Waals surface area contributed by atoms with Crippen molar-refractivity contribution in [2.75, 3.05) is 6.61 Å². The van der Waals surface area contributed by atoms with Gasteiger partial charge in [0.15, 0.2) is 11.3 Å². The molecule has 8 heteroatoms. The van der Waals surface area contributed by atoms with E-state index in [9.17, 15) is 4.39 Å². The van der Waals surface area contributed by atoms with Crippen LogP contribution in [0.1, 0.15) is 18.9 Å². The van der Waals surface area contributed by atoms with E-state index < -0.39 is 5.82 Å². The molecule has 4 aromatic rings. The first-order chi connectivity index (χ1) is 14.0. The molecule has 0 saturated heterocycles. The Kier molecular flexibility index (Phi) is 5.31. The van der Waals surface area contributed by atoms with Crippen molar-refractivity contribution in [3.63, 3.8) is 0 Å². The Bertz CT molecular complexity index is 1180. The normalized spacial score (nSPS) is 11.0. The van der Waals surface area contributed by atoms with Crippen LogP contribution in [0.4, 0.5) is 4.39 Å². The zero-order valence-electron chi connectivity index (χ0n) is 15.8. The second-order valence-corrected chi connectivity index (χ2v) is 6.79. The Morgan fingerprint density at radius 2 is 1.97 bits per heavy atom. The first kappa shape index (κ1) is 19.1. The summed E-state index contributed by atoms with van der Waals surface area (Å²) < 4.78 is 30.7. The Hall–Kier alpha value is -3.19. The molecule has 2 heterocycles. The van der Waals surface area contributed by atoms with Crippen LogP contribution in [0.5, 0.6) is 17.6 Å². The number of aromatic nitrogens is 3. The van der Waals surface area contributed by atoms with Crippen molar-refractivity contribution < 1.29 is 18.3 Å². The van der Waals surface area contributed by atoms with Crippen LogP contribution < -0.4 is 9.47 Å². The van der Waals surface area contributed by atoms with Crippen LogP contribution in [0.2, 0.25) is 5.02 Å². The number of fused-ring (bicyclic) bond motifs is 1. The number of aryl methyl sites for hydroxylation is 1. The predicted molar refractivity (Wildman–Crippen MR) is 107 cm³/mol. The van der Waals surface area contributed by atoms with Crippen LogP contribution in [0.25, 0.3) is 22.7 Å². The van der Waals surface area contributed by atoms with Gasteiger partial charge >= 0.3 is 6.01 Å². The van der Waals surface area contributed by atoms with E-state index in [4.69, 9.17) is 25.5 Å². The Labute approximate surface area is 171 Å². The first-order valence-electron chi connectivity index (χ1n) is 9.05. The highest BCUT2D eigenvalue weighted by Gasteiger charge is 2.19. The van der Waals surface area contributed by atoms with Gasteiger partial charge in [-0.25, -0.2) is 9.37 Å². The van der Waals surface area contributed by atoms with E-state index >= 15 is 0 Å². The maximum absolute atomic E-state index is 13.5. The van der Waals surface area contributed by atoms with E-state index in [0.717, 1.165) is 23.6 Å². The largest absolute Gasteiger partial charge is 0.476 e. The van der Waals surface area contributed by atoms with Crippen LogP contribution >= 0.6 is 11.6 Å². The number of oxazole rings is 1. The molecular formula is C21H17ClFN3O3. The smallest absolute Gasteiger partial charge is 0.328 e. The number of hydrogen-bond donors (Lipinski definition) is 0. The molecule has 0 bridgehead atoms.